The molecule has 8 nitrogen and oxygen atoms in total. The lowest BCUT2D eigenvalue weighted by Crippen LogP contribution is -2.40. The number of carbonyl (C=O) groups is 1. The topological polar surface area (TPSA) is 102 Å². The van der Waals surface area contributed by atoms with Crippen LogP contribution in [0.4, 0.5) is 0 Å². The number of amides is 1. The number of nitrogens with one attached hydrogen (secondary N) is 1. The van der Waals surface area contributed by atoms with Crippen molar-refractivity contribution in [3.05, 3.63) is 28.7 Å². The predicted octanol–water partition coefficient (Wildman–Crippen LogP) is 3.03. The van der Waals surface area contributed by atoms with E-state index in [4.69, 9.17) is 4.42 Å². The second-order valence-electron chi connectivity index (χ2n) is 9.06. The van der Waals surface area contributed by atoms with Gasteiger partial charge in [-0.3, -0.25) is 9.36 Å². The van der Waals surface area contributed by atoms with Gasteiger partial charge in [-0.1, -0.05) is 12.8 Å². The van der Waals surface area contributed by atoms with E-state index in [1.165, 1.54) is 33.8 Å². The van der Waals surface area contributed by atoms with E-state index in [0.29, 0.717) is 43.9 Å². The van der Waals surface area contributed by atoms with Crippen LogP contribution >= 0.6 is 0 Å². The Kier molecular flexibility index (Phi) is 6.25. The summed E-state index contributed by atoms with van der Waals surface area (Å²) in [7, 11) is -3.69. The van der Waals surface area contributed by atoms with E-state index in [1.54, 1.807) is 6.07 Å². The van der Waals surface area contributed by atoms with Gasteiger partial charge in [0, 0.05) is 37.7 Å². The molecule has 1 aromatic heterocycles. The number of piperidine rings is 1. The zero-order chi connectivity index (χ0) is 22.2. The zero-order valence-corrected chi connectivity index (χ0v) is 19.0. The Hall–Kier alpha value is -2.13. The minimum absolute atomic E-state index is 0.0823. The molecule has 2 aromatic rings. The van der Waals surface area contributed by atoms with Crippen molar-refractivity contribution in [3.8, 4) is 0 Å². The molecule has 31 heavy (non-hydrogen) atoms. The summed E-state index contributed by atoms with van der Waals surface area (Å²) in [5.41, 5.74) is 0.865. The molecule has 0 spiro atoms. The number of aromatic nitrogens is 1. The highest BCUT2D eigenvalue weighted by Crippen LogP contribution is 2.28. The molecule has 1 aromatic carbocycles. The Labute approximate surface area is 182 Å². The fourth-order valence-electron chi connectivity index (χ4n) is 4.79. The maximum absolute atomic E-state index is 13.1. The molecule has 0 unspecified atom stereocenters. The number of rotatable bonds is 6. The Morgan fingerprint density at radius 2 is 1.84 bits per heavy atom. The number of hydrogen-bond acceptors (Lipinski definition) is 5. The first-order chi connectivity index (χ1) is 14.8. The Morgan fingerprint density at radius 1 is 1.16 bits per heavy atom. The van der Waals surface area contributed by atoms with Crippen LogP contribution in [0.15, 0.2) is 32.3 Å². The molecule has 0 radical (unpaired) electrons. The second-order valence-corrected chi connectivity index (χ2v) is 11.0. The number of sulfonamides is 1. The molecule has 1 aliphatic heterocycles. The van der Waals surface area contributed by atoms with Crippen LogP contribution < -0.4 is 11.1 Å². The molecular weight excluding hydrogens is 418 g/mol. The summed E-state index contributed by atoms with van der Waals surface area (Å²) in [4.78, 5) is 24.5. The third kappa shape index (κ3) is 4.57. The van der Waals surface area contributed by atoms with Crippen molar-refractivity contribution >= 4 is 27.0 Å². The van der Waals surface area contributed by atoms with Crippen molar-refractivity contribution in [1.82, 2.24) is 14.2 Å². The molecule has 0 bridgehead atoms. The Bertz CT molecular complexity index is 1100. The molecule has 1 N–H and O–H groups in total. The Balaban J connectivity index is 1.40. The summed E-state index contributed by atoms with van der Waals surface area (Å²) in [6, 6.07) is 4.83. The number of benzene rings is 1. The Morgan fingerprint density at radius 3 is 2.48 bits per heavy atom. The lowest BCUT2D eigenvalue weighted by atomic mass is 9.94. The van der Waals surface area contributed by atoms with Crippen molar-refractivity contribution in [2.75, 3.05) is 13.1 Å². The van der Waals surface area contributed by atoms with Gasteiger partial charge in [-0.15, -0.1) is 0 Å². The summed E-state index contributed by atoms with van der Waals surface area (Å²) in [5.74, 6) is -0.201. The van der Waals surface area contributed by atoms with Crippen LogP contribution in [-0.4, -0.2) is 42.3 Å². The second kappa shape index (κ2) is 8.78. The molecule has 1 saturated heterocycles. The molecule has 1 amide bonds. The summed E-state index contributed by atoms with van der Waals surface area (Å²) >= 11 is 0. The molecule has 0 atom stereocenters. The van der Waals surface area contributed by atoms with E-state index in [2.05, 4.69) is 5.32 Å². The van der Waals surface area contributed by atoms with E-state index in [0.717, 1.165) is 12.8 Å². The zero-order valence-electron chi connectivity index (χ0n) is 18.2. The standard InChI is InChI=1S/C22H31N3O5S/c1-15(2)25-19-8-7-18(14-20(19)30-22(25)27)31(28,29)24-11-9-16(10-12-24)13-21(26)23-17-5-3-4-6-17/h7-8,14-17H,3-6,9-13H2,1-2H3,(H,23,26). The SMILES string of the molecule is CC(C)n1c(=O)oc2cc(S(=O)(=O)N3CCC(CC(=O)NC4CCCC4)CC3)ccc21. The number of hydrogen-bond donors (Lipinski definition) is 1. The van der Waals surface area contributed by atoms with Crippen LogP contribution in [0.3, 0.4) is 0 Å². The minimum Gasteiger partial charge on any atom is -0.408 e. The normalized spacial score (nSPS) is 19.5. The van der Waals surface area contributed by atoms with Crippen LogP contribution in [0.5, 0.6) is 0 Å². The van der Waals surface area contributed by atoms with Gasteiger partial charge in [0.2, 0.25) is 15.9 Å². The number of nitrogens with zero attached hydrogens (tertiary/aromatic N) is 2. The molecule has 2 fully saturated rings. The van der Waals surface area contributed by atoms with E-state index in [-0.39, 0.29) is 28.3 Å². The monoisotopic (exact) mass is 449 g/mol. The molecule has 1 aliphatic carbocycles. The van der Waals surface area contributed by atoms with Crippen molar-refractivity contribution in [1.29, 1.82) is 0 Å². The molecule has 1 saturated carbocycles. The molecule has 2 heterocycles. The first-order valence-corrected chi connectivity index (χ1v) is 12.6. The first kappa shape index (κ1) is 22.1. The number of oxazole rings is 1. The van der Waals surface area contributed by atoms with Gasteiger partial charge < -0.3 is 9.73 Å². The van der Waals surface area contributed by atoms with Crippen molar-refractivity contribution in [2.45, 2.75) is 75.8 Å². The molecule has 170 valence electrons. The third-order valence-corrected chi connectivity index (χ3v) is 8.40. The van der Waals surface area contributed by atoms with Gasteiger partial charge in [0.15, 0.2) is 5.58 Å². The van der Waals surface area contributed by atoms with Crippen molar-refractivity contribution < 1.29 is 17.6 Å². The fraction of sp³-hybridized carbons (Fsp3) is 0.636. The number of fused-ring (bicyclic) bond motifs is 1. The van der Waals surface area contributed by atoms with Crippen LogP contribution in [0.25, 0.3) is 11.1 Å². The summed E-state index contributed by atoms with van der Waals surface area (Å²) in [6.45, 7) is 4.52. The van der Waals surface area contributed by atoms with Crippen LogP contribution in [0, 0.1) is 5.92 Å². The highest BCUT2D eigenvalue weighted by Gasteiger charge is 2.31. The summed E-state index contributed by atoms with van der Waals surface area (Å²) < 4.78 is 34.5. The van der Waals surface area contributed by atoms with Gasteiger partial charge in [0.25, 0.3) is 0 Å². The predicted molar refractivity (Wildman–Crippen MR) is 117 cm³/mol. The van der Waals surface area contributed by atoms with Gasteiger partial charge in [-0.2, -0.15) is 4.31 Å². The fourth-order valence-corrected chi connectivity index (χ4v) is 6.27. The minimum atomic E-state index is -3.69. The summed E-state index contributed by atoms with van der Waals surface area (Å²) in [6.07, 6.45) is 6.28. The van der Waals surface area contributed by atoms with Gasteiger partial charge in [0.05, 0.1) is 10.4 Å². The highest BCUT2D eigenvalue weighted by molar-refractivity contribution is 7.89. The largest absolute Gasteiger partial charge is 0.420 e. The van der Waals surface area contributed by atoms with Crippen molar-refractivity contribution in [2.24, 2.45) is 5.92 Å². The summed E-state index contributed by atoms with van der Waals surface area (Å²) in [5, 5.41) is 3.12. The molecule has 9 heteroatoms. The highest BCUT2D eigenvalue weighted by atomic mass is 32.2. The lowest BCUT2D eigenvalue weighted by Gasteiger charge is -2.31. The van der Waals surface area contributed by atoms with Crippen LogP contribution in [0.2, 0.25) is 0 Å². The van der Waals surface area contributed by atoms with E-state index < -0.39 is 15.8 Å². The quantitative estimate of drug-likeness (QED) is 0.730. The van der Waals surface area contributed by atoms with E-state index in [9.17, 15) is 18.0 Å². The molecule has 4 rings (SSSR count). The van der Waals surface area contributed by atoms with Gasteiger partial charge >= 0.3 is 5.76 Å². The average Bonchev–Trinajstić information content (AvgIpc) is 3.34. The average molecular weight is 450 g/mol. The maximum Gasteiger partial charge on any atom is 0.420 e. The third-order valence-electron chi connectivity index (χ3n) is 6.51. The van der Waals surface area contributed by atoms with E-state index in [1.807, 2.05) is 13.8 Å². The smallest absolute Gasteiger partial charge is 0.408 e. The van der Waals surface area contributed by atoms with Gasteiger partial charge in [-0.05, 0) is 57.6 Å². The van der Waals surface area contributed by atoms with Crippen LogP contribution in [-0.2, 0) is 14.8 Å². The van der Waals surface area contributed by atoms with Gasteiger partial charge in [-0.25, -0.2) is 13.2 Å². The van der Waals surface area contributed by atoms with Crippen molar-refractivity contribution in [3.63, 3.8) is 0 Å². The first-order valence-electron chi connectivity index (χ1n) is 11.2. The number of carbonyl (C=O) groups excluding carboxylic acids is 1. The lowest BCUT2D eigenvalue weighted by molar-refractivity contribution is -0.122. The molecule has 2 aliphatic rings. The van der Waals surface area contributed by atoms with Gasteiger partial charge in [0.1, 0.15) is 0 Å². The van der Waals surface area contributed by atoms with E-state index >= 15 is 0 Å². The van der Waals surface area contributed by atoms with Crippen LogP contribution in [0.1, 0.15) is 64.8 Å². The maximum atomic E-state index is 13.1. The molecular formula is C22H31N3O5S.